The molecule has 0 amide bonds. The SMILES string of the molecule is Nc1c(-c2c(N)c3ccccc3n2N(c2ccccc2)c2ccccc2)n(-c2ccccc2)c2ccccc12. The second-order valence-electron chi connectivity index (χ2n) is 9.52. The van der Waals surface area contributed by atoms with E-state index in [2.05, 4.69) is 99.2 Å². The largest absolute Gasteiger partial charge is 0.396 e. The molecule has 7 aromatic rings. The van der Waals surface area contributed by atoms with Crippen molar-refractivity contribution in [1.82, 2.24) is 9.24 Å². The van der Waals surface area contributed by atoms with Gasteiger partial charge in [0.05, 0.1) is 39.5 Å². The van der Waals surface area contributed by atoms with Crippen molar-refractivity contribution >= 4 is 44.6 Å². The fourth-order valence-corrected chi connectivity index (χ4v) is 5.55. The van der Waals surface area contributed by atoms with Gasteiger partial charge in [-0.15, -0.1) is 0 Å². The normalized spacial score (nSPS) is 11.3. The van der Waals surface area contributed by atoms with Crippen LogP contribution in [0.2, 0.25) is 0 Å². The van der Waals surface area contributed by atoms with Crippen LogP contribution >= 0.6 is 0 Å². The number of anilines is 4. The summed E-state index contributed by atoms with van der Waals surface area (Å²) >= 11 is 0. The van der Waals surface area contributed by atoms with Gasteiger partial charge in [-0.05, 0) is 48.5 Å². The molecule has 2 aromatic heterocycles. The van der Waals surface area contributed by atoms with Crippen LogP contribution < -0.4 is 16.5 Å². The van der Waals surface area contributed by atoms with Crippen LogP contribution in [0.25, 0.3) is 38.9 Å². The van der Waals surface area contributed by atoms with Gasteiger partial charge < -0.3 is 16.0 Å². The lowest BCUT2D eigenvalue weighted by atomic mass is 10.1. The molecule has 0 aliphatic heterocycles. The van der Waals surface area contributed by atoms with Crippen LogP contribution in [-0.2, 0) is 0 Å². The number of nitrogens with two attached hydrogens (primary N) is 2. The molecule has 0 radical (unpaired) electrons. The van der Waals surface area contributed by atoms with Gasteiger partial charge in [-0.3, -0.25) is 0 Å². The summed E-state index contributed by atoms with van der Waals surface area (Å²) in [5.41, 5.74) is 22.2. The number of aromatic nitrogens is 2. The van der Waals surface area contributed by atoms with Crippen LogP contribution in [0, 0.1) is 0 Å². The quantitative estimate of drug-likeness (QED) is 0.249. The van der Waals surface area contributed by atoms with Crippen LogP contribution in [0.3, 0.4) is 0 Å². The number of nitrogen functional groups attached to an aromatic ring is 2. The molecular weight excluding hydrogens is 478 g/mol. The minimum absolute atomic E-state index is 0.675. The van der Waals surface area contributed by atoms with E-state index in [0.717, 1.165) is 50.3 Å². The molecule has 7 rings (SSSR count). The van der Waals surface area contributed by atoms with E-state index in [0.29, 0.717) is 11.4 Å². The summed E-state index contributed by atoms with van der Waals surface area (Å²) < 4.78 is 4.43. The summed E-state index contributed by atoms with van der Waals surface area (Å²) in [6.07, 6.45) is 0. The van der Waals surface area contributed by atoms with Crippen molar-refractivity contribution < 1.29 is 0 Å². The highest BCUT2D eigenvalue weighted by Gasteiger charge is 2.28. The van der Waals surface area contributed by atoms with Gasteiger partial charge in [0.1, 0.15) is 5.69 Å². The van der Waals surface area contributed by atoms with Gasteiger partial charge in [0.25, 0.3) is 0 Å². The third kappa shape index (κ3) is 3.55. The monoisotopic (exact) mass is 505 g/mol. The molecule has 0 saturated carbocycles. The van der Waals surface area contributed by atoms with Gasteiger partial charge in [-0.2, -0.15) is 0 Å². The Bertz CT molecular complexity index is 1880. The highest BCUT2D eigenvalue weighted by molar-refractivity contribution is 6.09. The number of nitrogens with zero attached hydrogens (tertiary/aromatic N) is 3. The molecule has 5 nitrogen and oxygen atoms in total. The van der Waals surface area contributed by atoms with Crippen molar-refractivity contribution in [2.24, 2.45) is 0 Å². The Morgan fingerprint density at radius 2 is 0.872 bits per heavy atom. The zero-order valence-corrected chi connectivity index (χ0v) is 21.3. The number of hydrogen-bond donors (Lipinski definition) is 2. The molecule has 0 fully saturated rings. The van der Waals surface area contributed by atoms with Crippen molar-refractivity contribution in [3.05, 3.63) is 140 Å². The maximum absolute atomic E-state index is 7.09. The molecule has 0 atom stereocenters. The highest BCUT2D eigenvalue weighted by Crippen LogP contribution is 2.46. The second kappa shape index (κ2) is 9.15. The Labute approximate surface area is 226 Å². The van der Waals surface area contributed by atoms with E-state index < -0.39 is 0 Å². The van der Waals surface area contributed by atoms with Gasteiger partial charge in [-0.1, -0.05) is 91.0 Å². The Kier molecular flexibility index (Phi) is 5.34. The number of benzene rings is 5. The number of hydrogen-bond acceptors (Lipinski definition) is 3. The molecule has 0 aliphatic rings. The molecule has 0 bridgehead atoms. The topological polar surface area (TPSA) is 65.1 Å². The van der Waals surface area contributed by atoms with E-state index >= 15 is 0 Å². The lowest BCUT2D eigenvalue weighted by Crippen LogP contribution is -2.25. The molecule has 0 saturated heterocycles. The summed E-state index contributed by atoms with van der Waals surface area (Å²) in [5.74, 6) is 0. The molecular formula is C34H27N5. The predicted molar refractivity (Wildman–Crippen MR) is 163 cm³/mol. The Hall–Kier alpha value is -5.42. The average Bonchev–Trinajstić information content (AvgIpc) is 3.45. The lowest BCUT2D eigenvalue weighted by Gasteiger charge is -2.29. The van der Waals surface area contributed by atoms with E-state index in [9.17, 15) is 0 Å². The standard InChI is InChI=1S/C34H27N5/c35-31-27-20-10-12-22-29(27)37(24-14-4-1-5-15-24)33(31)34-32(36)28-21-11-13-23-30(28)39(34)38(25-16-6-2-7-17-25)26-18-8-3-9-19-26/h1-23H,35-36H2. The Balaban J connectivity index is 1.66. The minimum Gasteiger partial charge on any atom is -0.396 e. The Morgan fingerprint density at radius 3 is 1.46 bits per heavy atom. The van der Waals surface area contributed by atoms with E-state index in [4.69, 9.17) is 11.5 Å². The van der Waals surface area contributed by atoms with Gasteiger partial charge in [0.15, 0.2) is 0 Å². The van der Waals surface area contributed by atoms with Crippen molar-refractivity contribution in [3.63, 3.8) is 0 Å². The fourth-order valence-electron chi connectivity index (χ4n) is 5.55. The van der Waals surface area contributed by atoms with Crippen LogP contribution in [0.1, 0.15) is 0 Å². The molecule has 39 heavy (non-hydrogen) atoms. The van der Waals surface area contributed by atoms with Crippen LogP contribution in [0.5, 0.6) is 0 Å². The van der Waals surface area contributed by atoms with Crippen LogP contribution in [-0.4, -0.2) is 9.24 Å². The molecule has 0 aliphatic carbocycles. The van der Waals surface area contributed by atoms with Crippen LogP contribution in [0.15, 0.2) is 140 Å². The molecule has 5 aromatic carbocycles. The molecule has 0 spiro atoms. The number of rotatable bonds is 5. The maximum Gasteiger partial charge on any atom is 0.113 e. The summed E-state index contributed by atoms with van der Waals surface area (Å²) in [7, 11) is 0. The fraction of sp³-hybridized carbons (Fsp3) is 0. The maximum atomic E-state index is 7.09. The second-order valence-corrected chi connectivity index (χ2v) is 9.52. The Morgan fingerprint density at radius 1 is 0.436 bits per heavy atom. The van der Waals surface area contributed by atoms with Gasteiger partial charge in [0.2, 0.25) is 0 Å². The summed E-state index contributed by atoms with van der Waals surface area (Å²) in [5, 5.41) is 4.16. The first-order valence-electron chi connectivity index (χ1n) is 13.0. The van der Waals surface area contributed by atoms with E-state index in [-0.39, 0.29) is 0 Å². The van der Waals surface area contributed by atoms with Gasteiger partial charge in [-0.25, -0.2) is 9.69 Å². The number of para-hydroxylation sites is 5. The minimum atomic E-state index is 0.675. The first-order valence-corrected chi connectivity index (χ1v) is 13.0. The van der Waals surface area contributed by atoms with E-state index in [1.54, 1.807) is 0 Å². The summed E-state index contributed by atoms with van der Waals surface area (Å²) in [4.78, 5) is 0. The molecule has 5 heteroatoms. The molecule has 2 heterocycles. The smallest absolute Gasteiger partial charge is 0.113 e. The third-order valence-electron chi connectivity index (χ3n) is 7.24. The van der Waals surface area contributed by atoms with E-state index in [1.165, 1.54) is 0 Å². The lowest BCUT2D eigenvalue weighted by molar-refractivity contribution is 0.856. The van der Waals surface area contributed by atoms with Crippen LogP contribution in [0.4, 0.5) is 22.7 Å². The number of fused-ring (bicyclic) bond motifs is 2. The third-order valence-corrected chi connectivity index (χ3v) is 7.24. The van der Waals surface area contributed by atoms with E-state index in [1.807, 2.05) is 54.6 Å². The molecule has 188 valence electrons. The average molecular weight is 506 g/mol. The molecule has 0 unspecified atom stereocenters. The first kappa shape index (κ1) is 22.8. The van der Waals surface area contributed by atoms with Crippen molar-refractivity contribution in [1.29, 1.82) is 0 Å². The van der Waals surface area contributed by atoms with Crippen molar-refractivity contribution in [2.45, 2.75) is 0 Å². The zero-order chi connectivity index (χ0) is 26.3. The summed E-state index contributed by atoms with van der Waals surface area (Å²) in [6, 6.07) is 47.5. The van der Waals surface area contributed by atoms with Crippen molar-refractivity contribution in [3.8, 4) is 17.1 Å². The molecule has 4 N–H and O–H groups in total. The zero-order valence-electron chi connectivity index (χ0n) is 21.3. The van der Waals surface area contributed by atoms with Crippen molar-refractivity contribution in [2.75, 3.05) is 16.5 Å². The van der Waals surface area contributed by atoms with Gasteiger partial charge in [0, 0.05) is 16.5 Å². The highest BCUT2D eigenvalue weighted by atomic mass is 15.6. The van der Waals surface area contributed by atoms with Gasteiger partial charge >= 0.3 is 0 Å². The predicted octanol–water partition coefficient (Wildman–Crippen LogP) is 8.02. The first-order chi connectivity index (χ1) is 19.2. The summed E-state index contributed by atoms with van der Waals surface area (Å²) in [6.45, 7) is 0.